The van der Waals surface area contributed by atoms with E-state index in [0.29, 0.717) is 10.7 Å². The first-order chi connectivity index (χ1) is 6.52. The molecule has 14 heavy (non-hydrogen) atoms. The second-order valence-corrected chi connectivity index (χ2v) is 5.39. The summed E-state index contributed by atoms with van der Waals surface area (Å²) in [6, 6.07) is 4.95. The zero-order chi connectivity index (χ0) is 10.7. The Morgan fingerprint density at radius 1 is 1.43 bits per heavy atom. The third-order valence-electron chi connectivity index (χ3n) is 2.36. The monoisotopic (exact) mass is 278 g/mol. The van der Waals surface area contributed by atoms with Crippen LogP contribution < -0.4 is 0 Å². The van der Waals surface area contributed by atoms with E-state index in [2.05, 4.69) is 29.8 Å². The summed E-state index contributed by atoms with van der Waals surface area (Å²) in [5.41, 5.74) is 0.880. The summed E-state index contributed by atoms with van der Waals surface area (Å²) in [7, 11) is 0. The van der Waals surface area contributed by atoms with Gasteiger partial charge in [0.05, 0.1) is 5.02 Å². The Bertz CT molecular complexity index is 312. The Morgan fingerprint density at radius 3 is 2.64 bits per heavy atom. The van der Waals surface area contributed by atoms with Crippen LogP contribution in [0.15, 0.2) is 18.2 Å². The molecule has 0 spiro atoms. The lowest BCUT2D eigenvalue weighted by molar-refractivity contribution is 0.574. The second-order valence-electron chi connectivity index (χ2n) is 3.57. The van der Waals surface area contributed by atoms with E-state index in [-0.39, 0.29) is 10.8 Å². The number of alkyl halides is 1. The summed E-state index contributed by atoms with van der Waals surface area (Å²) in [5, 5.41) is 0.257. The molecule has 3 heteroatoms. The summed E-state index contributed by atoms with van der Waals surface area (Å²) in [4.78, 5) is 0.404. The van der Waals surface area contributed by atoms with Gasteiger partial charge in [-0.05, 0) is 24.0 Å². The first-order valence-electron chi connectivity index (χ1n) is 4.59. The van der Waals surface area contributed by atoms with Gasteiger partial charge in [0.1, 0.15) is 5.82 Å². The van der Waals surface area contributed by atoms with Crippen LogP contribution in [0, 0.1) is 11.7 Å². The maximum Gasteiger partial charge on any atom is 0.142 e. The predicted octanol–water partition coefficient (Wildman–Crippen LogP) is 4.44. The van der Waals surface area contributed by atoms with E-state index >= 15 is 0 Å². The normalized spacial score (nSPS) is 15.2. The van der Waals surface area contributed by atoms with E-state index < -0.39 is 0 Å². The van der Waals surface area contributed by atoms with Crippen molar-refractivity contribution in [2.45, 2.75) is 25.1 Å². The minimum absolute atomic E-state index is 0.257. The van der Waals surface area contributed by atoms with Gasteiger partial charge in [0.15, 0.2) is 0 Å². The molecule has 0 saturated carbocycles. The van der Waals surface area contributed by atoms with Crippen molar-refractivity contribution in [3.63, 3.8) is 0 Å². The summed E-state index contributed by atoms with van der Waals surface area (Å²) >= 11 is 9.36. The van der Waals surface area contributed by atoms with Crippen molar-refractivity contribution < 1.29 is 4.39 Å². The zero-order valence-corrected chi connectivity index (χ0v) is 10.6. The van der Waals surface area contributed by atoms with Gasteiger partial charge in [-0.25, -0.2) is 4.39 Å². The van der Waals surface area contributed by atoms with Crippen molar-refractivity contribution in [1.29, 1.82) is 0 Å². The molecule has 0 amide bonds. The number of hydrogen-bond acceptors (Lipinski definition) is 0. The van der Waals surface area contributed by atoms with Crippen LogP contribution in [0.2, 0.25) is 5.02 Å². The lowest BCUT2D eigenvalue weighted by Gasteiger charge is -2.14. The molecule has 78 valence electrons. The predicted molar refractivity (Wildman–Crippen MR) is 62.7 cm³/mol. The molecule has 1 aromatic carbocycles. The smallest absolute Gasteiger partial charge is 0.142 e. The van der Waals surface area contributed by atoms with Crippen LogP contribution >= 0.6 is 27.5 Å². The van der Waals surface area contributed by atoms with Crippen LogP contribution in [0.1, 0.15) is 19.4 Å². The highest BCUT2D eigenvalue weighted by molar-refractivity contribution is 9.09. The summed E-state index contributed by atoms with van der Waals surface area (Å²) in [6.45, 7) is 4.19. The van der Waals surface area contributed by atoms with Crippen LogP contribution in [-0.4, -0.2) is 4.83 Å². The lowest BCUT2D eigenvalue weighted by atomic mass is 9.99. The van der Waals surface area contributed by atoms with E-state index in [1.807, 2.05) is 6.07 Å². The van der Waals surface area contributed by atoms with Gasteiger partial charge in [-0.1, -0.05) is 53.5 Å². The van der Waals surface area contributed by atoms with E-state index in [9.17, 15) is 4.39 Å². The van der Waals surface area contributed by atoms with E-state index in [0.717, 1.165) is 12.0 Å². The molecule has 0 nitrogen and oxygen atoms in total. The Balaban J connectivity index is 2.82. The van der Waals surface area contributed by atoms with Crippen molar-refractivity contribution in [2.24, 2.45) is 5.92 Å². The van der Waals surface area contributed by atoms with Gasteiger partial charge in [0.2, 0.25) is 0 Å². The van der Waals surface area contributed by atoms with Crippen molar-refractivity contribution >= 4 is 27.5 Å². The Hall–Kier alpha value is -0.0800. The fraction of sp³-hybridized carbons (Fsp3) is 0.455. The number of benzene rings is 1. The Kier molecular flexibility index (Phi) is 4.39. The molecule has 0 bridgehead atoms. The molecule has 1 rings (SSSR count). The van der Waals surface area contributed by atoms with Crippen molar-refractivity contribution in [3.05, 3.63) is 34.6 Å². The molecule has 2 atom stereocenters. The summed E-state index contributed by atoms with van der Waals surface area (Å²) < 4.78 is 13.1. The lowest BCUT2D eigenvalue weighted by Crippen LogP contribution is -2.10. The molecule has 0 radical (unpaired) electrons. The van der Waals surface area contributed by atoms with Crippen LogP contribution in [-0.2, 0) is 6.42 Å². The first-order valence-corrected chi connectivity index (χ1v) is 5.88. The van der Waals surface area contributed by atoms with Crippen LogP contribution in [0.4, 0.5) is 4.39 Å². The van der Waals surface area contributed by atoms with Crippen molar-refractivity contribution in [2.75, 3.05) is 0 Å². The zero-order valence-electron chi connectivity index (χ0n) is 8.23. The molecule has 0 heterocycles. The summed E-state index contributed by atoms with van der Waals surface area (Å²) in [5.74, 6) is 0.105. The highest BCUT2D eigenvalue weighted by atomic mass is 79.9. The average Bonchev–Trinajstić information content (AvgIpc) is 2.12. The average molecular weight is 280 g/mol. The molecule has 0 aliphatic heterocycles. The minimum Gasteiger partial charge on any atom is -0.205 e. The van der Waals surface area contributed by atoms with E-state index in [4.69, 9.17) is 11.6 Å². The van der Waals surface area contributed by atoms with E-state index in [1.54, 1.807) is 6.07 Å². The van der Waals surface area contributed by atoms with Gasteiger partial charge in [-0.15, -0.1) is 0 Å². The molecule has 0 N–H and O–H groups in total. The van der Waals surface area contributed by atoms with Gasteiger partial charge in [0, 0.05) is 4.83 Å². The molecule has 0 fully saturated rings. The quantitative estimate of drug-likeness (QED) is 0.718. The third-order valence-corrected chi connectivity index (χ3v) is 3.68. The van der Waals surface area contributed by atoms with Gasteiger partial charge in [-0.2, -0.15) is 0 Å². The molecule has 0 aliphatic carbocycles. The highest BCUT2D eigenvalue weighted by Crippen LogP contribution is 2.25. The van der Waals surface area contributed by atoms with Crippen molar-refractivity contribution in [1.82, 2.24) is 0 Å². The Morgan fingerprint density at radius 2 is 2.07 bits per heavy atom. The molecule has 2 unspecified atom stereocenters. The van der Waals surface area contributed by atoms with Crippen molar-refractivity contribution in [3.8, 4) is 0 Å². The molecular formula is C11H13BrClF. The topological polar surface area (TPSA) is 0 Å². The van der Waals surface area contributed by atoms with Crippen LogP contribution in [0.25, 0.3) is 0 Å². The Labute approximate surface area is 97.6 Å². The van der Waals surface area contributed by atoms with Crippen LogP contribution in [0.3, 0.4) is 0 Å². The van der Waals surface area contributed by atoms with Crippen LogP contribution in [0.5, 0.6) is 0 Å². The maximum absolute atomic E-state index is 13.1. The molecule has 0 aliphatic rings. The third kappa shape index (κ3) is 2.96. The molecule has 0 aromatic heterocycles. The van der Waals surface area contributed by atoms with Gasteiger partial charge >= 0.3 is 0 Å². The number of rotatable bonds is 3. The van der Waals surface area contributed by atoms with Gasteiger partial charge in [-0.3, -0.25) is 0 Å². The SMILES string of the molecule is CC(Br)C(C)Cc1cccc(F)c1Cl. The maximum atomic E-state index is 13.1. The minimum atomic E-state index is -0.335. The molecule has 0 saturated heterocycles. The standard InChI is InChI=1S/C11H13BrClF/c1-7(8(2)12)6-9-4-3-5-10(14)11(9)13/h3-5,7-8H,6H2,1-2H3. The first kappa shape index (κ1) is 12.0. The molecular weight excluding hydrogens is 266 g/mol. The molecule has 1 aromatic rings. The van der Waals surface area contributed by atoms with Gasteiger partial charge < -0.3 is 0 Å². The number of hydrogen-bond donors (Lipinski definition) is 0. The number of halogens is 3. The summed E-state index contributed by atoms with van der Waals surface area (Å²) in [6.07, 6.45) is 0.795. The van der Waals surface area contributed by atoms with E-state index in [1.165, 1.54) is 6.07 Å². The van der Waals surface area contributed by atoms with Gasteiger partial charge in [0.25, 0.3) is 0 Å². The fourth-order valence-electron chi connectivity index (χ4n) is 1.22. The highest BCUT2D eigenvalue weighted by Gasteiger charge is 2.13. The fourth-order valence-corrected chi connectivity index (χ4v) is 1.61. The second kappa shape index (κ2) is 5.13. The largest absolute Gasteiger partial charge is 0.205 e.